The topological polar surface area (TPSA) is 95.6 Å². The Bertz CT molecular complexity index is 1030. The number of anilines is 2. The van der Waals surface area contributed by atoms with Gasteiger partial charge in [0.05, 0.1) is 11.3 Å². The van der Waals surface area contributed by atoms with E-state index in [1.807, 2.05) is 6.07 Å². The lowest BCUT2D eigenvalue weighted by Crippen LogP contribution is -2.24. The monoisotopic (exact) mass is 393 g/mol. The number of nitriles is 1. The van der Waals surface area contributed by atoms with E-state index in [-0.39, 0.29) is 11.7 Å². The van der Waals surface area contributed by atoms with Gasteiger partial charge < -0.3 is 19.4 Å². The molecule has 2 saturated heterocycles. The molecule has 7 nitrogen and oxygen atoms in total. The summed E-state index contributed by atoms with van der Waals surface area (Å²) in [5.41, 5.74) is 1.67. The Morgan fingerprint density at radius 3 is 2.69 bits per heavy atom. The maximum atomic E-state index is 12.7. The molecule has 0 spiro atoms. The van der Waals surface area contributed by atoms with Crippen LogP contribution in [0.1, 0.15) is 59.0 Å². The van der Waals surface area contributed by atoms with E-state index < -0.39 is 11.5 Å². The maximum Gasteiger partial charge on any atom is 0.349 e. The molecular weight excluding hydrogens is 370 g/mol. The highest BCUT2D eigenvalue weighted by Crippen LogP contribution is 2.29. The van der Waals surface area contributed by atoms with Gasteiger partial charge in [0.2, 0.25) is 0 Å². The van der Waals surface area contributed by atoms with Crippen molar-refractivity contribution in [3.05, 3.63) is 57.1 Å². The zero-order valence-corrected chi connectivity index (χ0v) is 16.4. The first-order valence-electron chi connectivity index (χ1n) is 9.93. The second kappa shape index (κ2) is 8.10. The van der Waals surface area contributed by atoms with Gasteiger partial charge in [0, 0.05) is 25.4 Å². The number of rotatable bonds is 4. The molecule has 7 heteroatoms. The van der Waals surface area contributed by atoms with Crippen molar-refractivity contribution in [2.75, 3.05) is 29.9 Å². The zero-order chi connectivity index (χ0) is 20.4. The van der Waals surface area contributed by atoms with Crippen LogP contribution in [0.15, 0.2) is 33.5 Å². The van der Waals surface area contributed by atoms with E-state index in [1.54, 1.807) is 25.1 Å². The molecule has 0 radical (unpaired) electrons. The summed E-state index contributed by atoms with van der Waals surface area (Å²) in [6, 6.07) is 9.14. The molecule has 0 aliphatic carbocycles. The Morgan fingerprint density at radius 1 is 1.24 bits per heavy atom. The molecule has 1 aromatic carbocycles. The molecule has 0 saturated carbocycles. The minimum atomic E-state index is -0.679. The summed E-state index contributed by atoms with van der Waals surface area (Å²) in [6.45, 7) is 4.21. The number of nitrogens with zero attached hydrogens (tertiary/aromatic N) is 2. The summed E-state index contributed by atoms with van der Waals surface area (Å²) in [6.07, 6.45) is 3.72. The van der Waals surface area contributed by atoms with Gasteiger partial charge in [-0.1, -0.05) is 0 Å². The van der Waals surface area contributed by atoms with Gasteiger partial charge in [-0.05, 0) is 62.4 Å². The molecule has 150 valence electrons. The van der Waals surface area contributed by atoms with Crippen LogP contribution < -0.4 is 15.8 Å². The molecule has 0 bridgehead atoms. The molecule has 4 rings (SSSR count). The van der Waals surface area contributed by atoms with Crippen molar-refractivity contribution in [2.24, 2.45) is 0 Å². The van der Waals surface area contributed by atoms with E-state index >= 15 is 0 Å². The van der Waals surface area contributed by atoms with Crippen LogP contribution in [0.2, 0.25) is 0 Å². The van der Waals surface area contributed by atoms with Crippen molar-refractivity contribution in [1.82, 2.24) is 0 Å². The van der Waals surface area contributed by atoms with Gasteiger partial charge in [0.25, 0.3) is 5.91 Å². The average Bonchev–Trinajstić information content (AvgIpc) is 3.41. The highest BCUT2D eigenvalue weighted by atomic mass is 16.5. The molecule has 3 heterocycles. The van der Waals surface area contributed by atoms with Gasteiger partial charge in [0.1, 0.15) is 23.5 Å². The van der Waals surface area contributed by atoms with Gasteiger partial charge in [-0.3, -0.25) is 4.79 Å². The minimum absolute atomic E-state index is 0.0334. The molecule has 2 aliphatic rings. The molecule has 1 aromatic heterocycles. The lowest BCUT2D eigenvalue weighted by molar-refractivity contribution is 0.0895. The van der Waals surface area contributed by atoms with Crippen molar-refractivity contribution >= 4 is 17.3 Å². The number of benzene rings is 1. The number of carbonyl (C=O) groups excluding carboxylic acids is 1. The number of ether oxygens (including phenoxy) is 1. The summed E-state index contributed by atoms with van der Waals surface area (Å²) >= 11 is 0. The lowest BCUT2D eigenvalue weighted by Gasteiger charge is -2.19. The number of nitrogens with one attached hydrogen (secondary N) is 1. The predicted octanol–water partition coefficient (Wildman–Crippen LogP) is 3.52. The molecule has 2 fully saturated rings. The van der Waals surface area contributed by atoms with Gasteiger partial charge >= 0.3 is 5.63 Å². The second-order valence-electron chi connectivity index (χ2n) is 7.49. The Balaban J connectivity index is 1.56. The SMILES string of the molecule is Cc1cc(C2CCCO2)oc(=O)c1C(=O)Nc1ccc(N2CCCC2)c(C#N)c1. The molecule has 1 N–H and O–H groups in total. The fourth-order valence-corrected chi connectivity index (χ4v) is 4.00. The van der Waals surface area contributed by atoms with Crippen LogP contribution in [-0.4, -0.2) is 25.6 Å². The highest BCUT2D eigenvalue weighted by Gasteiger charge is 2.24. The third-order valence-corrected chi connectivity index (χ3v) is 5.46. The number of amides is 1. The van der Waals surface area contributed by atoms with Crippen LogP contribution in [0.5, 0.6) is 0 Å². The van der Waals surface area contributed by atoms with E-state index in [2.05, 4.69) is 16.3 Å². The zero-order valence-electron chi connectivity index (χ0n) is 16.4. The Labute approximate surface area is 168 Å². The van der Waals surface area contributed by atoms with Gasteiger partial charge in [-0.25, -0.2) is 4.79 Å². The van der Waals surface area contributed by atoms with Crippen LogP contribution >= 0.6 is 0 Å². The van der Waals surface area contributed by atoms with Crippen molar-refractivity contribution in [2.45, 2.75) is 38.7 Å². The molecule has 1 amide bonds. The lowest BCUT2D eigenvalue weighted by atomic mass is 10.1. The average molecular weight is 393 g/mol. The third-order valence-electron chi connectivity index (χ3n) is 5.46. The molecule has 1 unspecified atom stereocenters. The van der Waals surface area contributed by atoms with Crippen molar-refractivity contribution in [3.8, 4) is 6.07 Å². The first-order valence-corrected chi connectivity index (χ1v) is 9.93. The molecular formula is C22H23N3O4. The first kappa shape index (κ1) is 19.2. The molecule has 29 heavy (non-hydrogen) atoms. The number of aryl methyl sites for hydroxylation is 1. The second-order valence-corrected chi connectivity index (χ2v) is 7.49. The summed E-state index contributed by atoms with van der Waals surface area (Å²) < 4.78 is 10.9. The van der Waals surface area contributed by atoms with Crippen LogP contribution in [-0.2, 0) is 4.74 Å². The van der Waals surface area contributed by atoms with Crippen molar-refractivity contribution in [1.29, 1.82) is 5.26 Å². The smallest absolute Gasteiger partial charge is 0.349 e. The normalized spacial score (nSPS) is 18.6. The molecule has 1 atom stereocenters. The van der Waals surface area contributed by atoms with Crippen molar-refractivity contribution in [3.63, 3.8) is 0 Å². The van der Waals surface area contributed by atoms with Crippen LogP contribution in [0.3, 0.4) is 0 Å². The quantitative estimate of drug-likeness (QED) is 0.854. The van der Waals surface area contributed by atoms with Crippen LogP contribution in [0.4, 0.5) is 11.4 Å². The summed E-state index contributed by atoms with van der Waals surface area (Å²) in [4.78, 5) is 27.4. The maximum absolute atomic E-state index is 12.7. The van der Waals surface area contributed by atoms with Gasteiger partial charge in [-0.15, -0.1) is 0 Å². The third kappa shape index (κ3) is 3.89. The van der Waals surface area contributed by atoms with Crippen LogP contribution in [0, 0.1) is 18.3 Å². The fourth-order valence-electron chi connectivity index (χ4n) is 4.00. The Morgan fingerprint density at radius 2 is 2.03 bits per heavy atom. The molecule has 2 aromatic rings. The number of carbonyl (C=O) groups is 1. The molecule has 2 aliphatic heterocycles. The Kier molecular flexibility index (Phi) is 5.36. The van der Waals surface area contributed by atoms with E-state index in [0.717, 1.165) is 44.5 Å². The number of hydrogen-bond donors (Lipinski definition) is 1. The summed E-state index contributed by atoms with van der Waals surface area (Å²) in [5, 5.41) is 12.2. The first-order chi connectivity index (χ1) is 14.1. The summed E-state index contributed by atoms with van der Waals surface area (Å²) in [5.74, 6) is -0.0868. The predicted molar refractivity (Wildman–Crippen MR) is 108 cm³/mol. The standard InChI is InChI=1S/C22H23N3O4/c1-14-11-19(18-5-4-10-28-18)29-22(27)20(14)21(26)24-16-6-7-17(15(12-16)13-23)25-8-2-3-9-25/h6-7,11-12,18H,2-5,8-10H2,1H3,(H,24,26). The van der Waals surface area contributed by atoms with E-state index in [0.29, 0.717) is 29.2 Å². The van der Waals surface area contributed by atoms with Crippen LogP contribution in [0.25, 0.3) is 0 Å². The minimum Gasteiger partial charge on any atom is -0.424 e. The van der Waals surface area contributed by atoms with Crippen molar-refractivity contribution < 1.29 is 13.9 Å². The largest absolute Gasteiger partial charge is 0.424 e. The fraction of sp³-hybridized carbons (Fsp3) is 0.409. The van der Waals surface area contributed by atoms with Gasteiger partial charge in [-0.2, -0.15) is 5.26 Å². The number of hydrogen-bond acceptors (Lipinski definition) is 6. The van der Waals surface area contributed by atoms with E-state index in [9.17, 15) is 14.9 Å². The summed E-state index contributed by atoms with van der Waals surface area (Å²) in [7, 11) is 0. The Hall–Kier alpha value is -3.11. The highest BCUT2D eigenvalue weighted by molar-refractivity contribution is 6.05. The van der Waals surface area contributed by atoms with Gasteiger partial charge in [0.15, 0.2) is 0 Å². The van der Waals surface area contributed by atoms with E-state index in [4.69, 9.17) is 9.15 Å². The van der Waals surface area contributed by atoms with E-state index in [1.165, 1.54) is 0 Å².